The van der Waals surface area contributed by atoms with Crippen molar-refractivity contribution >= 4 is 11.7 Å². The first-order valence-electron chi connectivity index (χ1n) is 4.56. The number of hydrogen-bond donors (Lipinski definition) is 2. The number of aromatic nitrogens is 1. The van der Waals surface area contributed by atoms with Gasteiger partial charge in [0, 0.05) is 12.7 Å². The van der Waals surface area contributed by atoms with Crippen LogP contribution in [0.4, 0.5) is 5.82 Å². The van der Waals surface area contributed by atoms with E-state index in [0.717, 1.165) is 5.82 Å². The molecule has 0 aliphatic carbocycles. The third-order valence-electron chi connectivity index (χ3n) is 2.26. The smallest absolute Gasteiger partial charge is 0.254 e. The van der Waals surface area contributed by atoms with Crippen molar-refractivity contribution in [3.63, 3.8) is 0 Å². The van der Waals surface area contributed by atoms with Gasteiger partial charge in [-0.2, -0.15) is 0 Å². The second-order valence-corrected chi connectivity index (χ2v) is 3.23. The molecule has 1 saturated heterocycles. The number of carbonyl (C=O) groups is 1. The van der Waals surface area contributed by atoms with Crippen LogP contribution in [-0.2, 0) is 9.53 Å². The Kier molecular flexibility index (Phi) is 2.51. The van der Waals surface area contributed by atoms with Crippen LogP contribution in [0, 0.1) is 0 Å². The summed E-state index contributed by atoms with van der Waals surface area (Å²) < 4.78 is 5.24. The number of carbonyl (C=O) groups excluding carboxylic acids is 1. The Hall–Kier alpha value is -1.33. The molecule has 0 bridgehead atoms. The molecule has 2 heterocycles. The molecule has 2 rings (SSSR count). The highest BCUT2D eigenvalue weighted by Crippen LogP contribution is 2.15. The van der Waals surface area contributed by atoms with Crippen LogP contribution in [0.1, 0.15) is 0 Å². The fourth-order valence-corrected chi connectivity index (χ4v) is 1.49. The number of nitrogens with two attached hydrogens (primary N) is 1. The van der Waals surface area contributed by atoms with Gasteiger partial charge in [-0.15, -0.1) is 0 Å². The van der Waals surface area contributed by atoms with Crippen LogP contribution in [0.3, 0.4) is 0 Å². The molecule has 1 fully saturated rings. The zero-order valence-electron chi connectivity index (χ0n) is 7.77. The third kappa shape index (κ3) is 1.64. The molecule has 14 heavy (non-hydrogen) atoms. The molecule has 1 unspecified atom stereocenters. The van der Waals surface area contributed by atoms with Crippen LogP contribution in [0.25, 0.3) is 0 Å². The van der Waals surface area contributed by atoms with Crippen LogP contribution in [0.15, 0.2) is 18.3 Å². The van der Waals surface area contributed by atoms with E-state index in [9.17, 15) is 4.79 Å². The van der Waals surface area contributed by atoms with Gasteiger partial charge in [0.25, 0.3) is 5.91 Å². The van der Waals surface area contributed by atoms with Crippen LogP contribution in [0.2, 0.25) is 0 Å². The molecule has 76 valence electrons. The maximum absolute atomic E-state index is 11.5. The number of aromatic amines is 1. The lowest BCUT2D eigenvalue weighted by molar-refractivity contribution is -0.129. The van der Waals surface area contributed by atoms with Gasteiger partial charge in [-0.05, 0) is 12.1 Å². The number of hydrogen-bond acceptors (Lipinski definition) is 3. The first-order chi connectivity index (χ1) is 6.81. The molecule has 5 heteroatoms. The van der Waals surface area contributed by atoms with Gasteiger partial charge in [-0.25, -0.2) is 0 Å². The Labute approximate surface area is 81.8 Å². The van der Waals surface area contributed by atoms with Crippen LogP contribution in [-0.4, -0.2) is 36.7 Å². The summed E-state index contributed by atoms with van der Waals surface area (Å²) in [5, 5.41) is 0. The van der Waals surface area contributed by atoms with Gasteiger partial charge in [0.2, 0.25) is 0 Å². The second kappa shape index (κ2) is 3.81. The van der Waals surface area contributed by atoms with E-state index in [-0.39, 0.29) is 18.6 Å². The van der Waals surface area contributed by atoms with Crippen molar-refractivity contribution in [1.29, 1.82) is 0 Å². The Morgan fingerprint density at radius 2 is 2.57 bits per heavy atom. The maximum atomic E-state index is 11.5. The second-order valence-electron chi connectivity index (χ2n) is 3.23. The topological polar surface area (TPSA) is 71.3 Å². The van der Waals surface area contributed by atoms with Crippen LogP contribution < -0.4 is 10.6 Å². The molecule has 1 aromatic heterocycles. The highest BCUT2D eigenvalue weighted by Gasteiger charge is 2.26. The predicted molar refractivity (Wildman–Crippen MR) is 51.9 cm³/mol. The molecule has 1 amide bonds. The van der Waals surface area contributed by atoms with E-state index in [4.69, 9.17) is 10.5 Å². The first kappa shape index (κ1) is 9.23. The van der Waals surface area contributed by atoms with E-state index in [1.165, 1.54) is 0 Å². The lowest BCUT2D eigenvalue weighted by atomic mass is 10.2. The van der Waals surface area contributed by atoms with Gasteiger partial charge in [-0.1, -0.05) is 0 Å². The van der Waals surface area contributed by atoms with E-state index in [0.29, 0.717) is 13.1 Å². The molecule has 1 aliphatic rings. The summed E-state index contributed by atoms with van der Waals surface area (Å²) in [5.41, 5.74) is 5.49. The Balaban J connectivity index is 2.13. The minimum atomic E-state index is -0.0593. The van der Waals surface area contributed by atoms with E-state index in [2.05, 4.69) is 4.98 Å². The molecule has 3 N–H and O–H groups in total. The van der Waals surface area contributed by atoms with Crippen molar-refractivity contribution in [1.82, 2.24) is 4.98 Å². The fraction of sp³-hybridized carbons (Fsp3) is 0.444. The van der Waals surface area contributed by atoms with E-state index in [1.807, 2.05) is 12.1 Å². The molecule has 0 radical (unpaired) electrons. The molecule has 0 saturated carbocycles. The van der Waals surface area contributed by atoms with Crippen molar-refractivity contribution in [3.05, 3.63) is 18.3 Å². The number of morpholine rings is 1. The summed E-state index contributed by atoms with van der Waals surface area (Å²) in [6, 6.07) is 3.71. The van der Waals surface area contributed by atoms with Crippen molar-refractivity contribution in [2.45, 2.75) is 6.10 Å². The lowest BCUT2D eigenvalue weighted by Crippen LogP contribution is -2.49. The normalized spacial score (nSPS) is 22.8. The van der Waals surface area contributed by atoms with E-state index >= 15 is 0 Å². The van der Waals surface area contributed by atoms with E-state index in [1.54, 1.807) is 11.1 Å². The summed E-state index contributed by atoms with van der Waals surface area (Å²) in [5.74, 6) is 0.772. The third-order valence-corrected chi connectivity index (χ3v) is 2.26. The number of nitrogens with one attached hydrogen (secondary N) is 1. The Morgan fingerprint density at radius 3 is 3.21 bits per heavy atom. The molecule has 5 nitrogen and oxygen atoms in total. The quantitative estimate of drug-likeness (QED) is 0.681. The summed E-state index contributed by atoms with van der Waals surface area (Å²) in [4.78, 5) is 16.2. The first-order valence-corrected chi connectivity index (χ1v) is 4.56. The van der Waals surface area contributed by atoms with E-state index < -0.39 is 0 Å². The van der Waals surface area contributed by atoms with Gasteiger partial charge in [0.15, 0.2) is 0 Å². The summed E-state index contributed by atoms with van der Waals surface area (Å²) in [6.45, 7) is 1.07. The number of rotatable bonds is 2. The lowest BCUT2D eigenvalue weighted by Gasteiger charge is -2.31. The molecule has 0 spiro atoms. The number of nitrogens with zero attached hydrogens (tertiary/aromatic N) is 1. The maximum Gasteiger partial charge on any atom is 0.254 e. The molecular formula is C9H13N3O2. The fourth-order valence-electron chi connectivity index (χ4n) is 1.49. The largest absolute Gasteiger partial charge is 0.365 e. The average Bonchev–Trinajstić information content (AvgIpc) is 2.71. The predicted octanol–water partition coefficient (Wildman–Crippen LogP) is -0.295. The highest BCUT2D eigenvalue weighted by molar-refractivity contribution is 5.94. The monoisotopic (exact) mass is 195 g/mol. The Bertz CT molecular complexity index is 310. The standard InChI is InChI=1S/C9H13N3O2/c10-4-7-5-12(9(13)6-14-7)8-2-1-3-11-8/h1-3,7,11H,4-6,10H2. The Morgan fingerprint density at radius 1 is 1.71 bits per heavy atom. The van der Waals surface area contributed by atoms with Gasteiger partial charge in [0.05, 0.1) is 12.6 Å². The molecule has 1 atom stereocenters. The van der Waals surface area contributed by atoms with Crippen molar-refractivity contribution in [3.8, 4) is 0 Å². The summed E-state index contributed by atoms with van der Waals surface area (Å²) in [7, 11) is 0. The van der Waals surface area contributed by atoms with Crippen molar-refractivity contribution in [2.75, 3.05) is 24.6 Å². The minimum absolute atomic E-state index is 0.0304. The molecular weight excluding hydrogens is 182 g/mol. The van der Waals surface area contributed by atoms with Gasteiger partial charge < -0.3 is 15.5 Å². The van der Waals surface area contributed by atoms with Crippen molar-refractivity contribution < 1.29 is 9.53 Å². The zero-order chi connectivity index (χ0) is 9.97. The minimum Gasteiger partial charge on any atom is -0.365 e. The number of amides is 1. The van der Waals surface area contributed by atoms with Gasteiger partial charge in [-0.3, -0.25) is 9.69 Å². The van der Waals surface area contributed by atoms with Crippen LogP contribution in [0.5, 0.6) is 0 Å². The number of H-pyrrole nitrogens is 1. The van der Waals surface area contributed by atoms with Gasteiger partial charge in [0.1, 0.15) is 12.4 Å². The molecule has 0 aromatic carbocycles. The zero-order valence-corrected chi connectivity index (χ0v) is 7.77. The summed E-state index contributed by atoms with van der Waals surface area (Å²) >= 11 is 0. The van der Waals surface area contributed by atoms with Crippen molar-refractivity contribution in [2.24, 2.45) is 5.73 Å². The summed E-state index contributed by atoms with van der Waals surface area (Å²) in [6.07, 6.45) is 1.73. The highest BCUT2D eigenvalue weighted by atomic mass is 16.5. The number of anilines is 1. The van der Waals surface area contributed by atoms with Gasteiger partial charge >= 0.3 is 0 Å². The average molecular weight is 195 g/mol. The molecule has 1 aromatic rings. The SMILES string of the molecule is NCC1CN(c2ccc[nH]2)C(=O)CO1. The van der Waals surface area contributed by atoms with Crippen LogP contribution >= 0.6 is 0 Å². The molecule has 1 aliphatic heterocycles. The number of ether oxygens (including phenoxy) is 1.